The number of aryl methyl sites for hydroxylation is 1. The zero-order chi connectivity index (χ0) is 17.8. The van der Waals surface area contributed by atoms with E-state index < -0.39 is 5.82 Å². The Morgan fingerprint density at radius 3 is 2.67 bits per heavy atom. The summed E-state index contributed by atoms with van der Waals surface area (Å²) < 4.78 is 13.3. The second-order valence-corrected chi connectivity index (χ2v) is 6.37. The van der Waals surface area contributed by atoms with Crippen LogP contribution in [0.3, 0.4) is 0 Å². The second-order valence-electron chi connectivity index (χ2n) is 6.37. The molecule has 1 aliphatic rings. The van der Waals surface area contributed by atoms with E-state index in [1.54, 1.807) is 12.1 Å². The number of nitrogens with one attached hydrogen (secondary N) is 2. The molecule has 2 aromatic rings. The number of benzene rings is 1. The van der Waals surface area contributed by atoms with Gasteiger partial charge in [0, 0.05) is 36.6 Å². The van der Waals surface area contributed by atoms with Crippen molar-refractivity contribution in [2.75, 3.05) is 36.1 Å². The highest BCUT2D eigenvalue weighted by atomic mass is 35.5. The Bertz CT molecular complexity index is 746. The Morgan fingerprint density at radius 2 is 2.04 bits per heavy atom. The zero-order valence-corrected chi connectivity index (χ0v) is 17.2. The van der Waals surface area contributed by atoms with Gasteiger partial charge in [0.2, 0.25) is 5.95 Å². The van der Waals surface area contributed by atoms with Crippen LogP contribution in [0, 0.1) is 5.82 Å². The van der Waals surface area contributed by atoms with Gasteiger partial charge in [0.25, 0.3) is 0 Å². The molecule has 0 saturated carbocycles. The van der Waals surface area contributed by atoms with Gasteiger partial charge in [-0.15, -0.1) is 24.8 Å². The Morgan fingerprint density at radius 1 is 1.26 bits per heavy atom. The number of hydrogen-bond donors (Lipinski definition) is 3. The average Bonchev–Trinajstić information content (AvgIpc) is 3.08. The summed E-state index contributed by atoms with van der Waals surface area (Å²) >= 11 is 0. The van der Waals surface area contributed by atoms with Gasteiger partial charge < -0.3 is 21.3 Å². The largest absolute Gasteiger partial charge is 0.396 e. The highest BCUT2D eigenvalue weighted by Gasteiger charge is 2.23. The van der Waals surface area contributed by atoms with E-state index in [9.17, 15) is 4.39 Å². The molecule has 1 aromatic carbocycles. The molecule has 3 rings (SSSR count). The molecule has 2 heterocycles. The van der Waals surface area contributed by atoms with E-state index in [4.69, 9.17) is 5.73 Å². The van der Waals surface area contributed by atoms with Gasteiger partial charge >= 0.3 is 0 Å². The molecule has 27 heavy (non-hydrogen) atoms. The molecule has 1 atom stereocenters. The SMILES string of the molecule is CCCc1cc(N2CC[C@H](NC)C2)nc(Nc2ccc(F)c(N)c2)n1.Cl.Cl. The summed E-state index contributed by atoms with van der Waals surface area (Å²) in [6.45, 7) is 4.03. The molecule has 4 N–H and O–H groups in total. The third-order valence-electron chi connectivity index (χ3n) is 4.44. The maximum absolute atomic E-state index is 13.3. The molecule has 0 radical (unpaired) electrons. The van der Waals surface area contributed by atoms with E-state index in [2.05, 4.69) is 38.5 Å². The summed E-state index contributed by atoms with van der Waals surface area (Å²) in [5.74, 6) is 1.01. The zero-order valence-electron chi connectivity index (χ0n) is 15.5. The maximum Gasteiger partial charge on any atom is 0.229 e. The fraction of sp³-hybridized carbons (Fsp3) is 0.444. The van der Waals surface area contributed by atoms with Gasteiger partial charge in [-0.25, -0.2) is 9.37 Å². The van der Waals surface area contributed by atoms with Crippen LogP contribution in [-0.2, 0) is 6.42 Å². The van der Waals surface area contributed by atoms with E-state index >= 15 is 0 Å². The lowest BCUT2D eigenvalue weighted by Crippen LogP contribution is -2.30. The monoisotopic (exact) mass is 416 g/mol. The minimum absolute atomic E-state index is 0. The van der Waals surface area contributed by atoms with Crippen LogP contribution in [0.25, 0.3) is 0 Å². The molecule has 0 aliphatic carbocycles. The van der Waals surface area contributed by atoms with Crippen molar-refractivity contribution in [2.24, 2.45) is 0 Å². The van der Waals surface area contributed by atoms with E-state index in [1.165, 1.54) is 6.07 Å². The number of nitrogens with zero attached hydrogens (tertiary/aromatic N) is 3. The van der Waals surface area contributed by atoms with Crippen LogP contribution in [0.1, 0.15) is 25.5 Å². The highest BCUT2D eigenvalue weighted by Crippen LogP contribution is 2.24. The molecule has 150 valence electrons. The second kappa shape index (κ2) is 10.5. The number of halogens is 3. The summed E-state index contributed by atoms with van der Waals surface area (Å²) in [6, 6.07) is 7.07. The third kappa shape index (κ3) is 5.82. The first kappa shape index (κ1) is 23.2. The first-order valence-corrected chi connectivity index (χ1v) is 8.71. The molecular formula is C18H27Cl2FN6. The lowest BCUT2D eigenvalue weighted by molar-refractivity contribution is 0.616. The van der Waals surface area contributed by atoms with Gasteiger partial charge in [-0.3, -0.25) is 0 Å². The van der Waals surface area contributed by atoms with Crippen molar-refractivity contribution in [1.82, 2.24) is 15.3 Å². The molecule has 0 unspecified atom stereocenters. The smallest absolute Gasteiger partial charge is 0.229 e. The summed E-state index contributed by atoms with van der Waals surface area (Å²) in [6.07, 6.45) is 3.00. The number of rotatable bonds is 6. The lowest BCUT2D eigenvalue weighted by Gasteiger charge is -2.19. The molecule has 1 saturated heterocycles. The first-order chi connectivity index (χ1) is 12.1. The van der Waals surface area contributed by atoms with Gasteiger partial charge in [-0.2, -0.15) is 4.98 Å². The van der Waals surface area contributed by atoms with Crippen molar-refractivity contribution >= 4 is 48.0 Å². The highest BCUT2D eigenvalue weighted by molar-refractivity contribution is 5.85. The third-order valence-corrected chi connectivity index (χ3v) is 4.44. The predicted octanol–water partition coefficient (Wildman–Crippen LogP) is 3.54. The minimum Gasteiger partial charge on any atom is -0.396 e. The fourth-order valence-corrected chi connectivity index (χ4v) is 3.04. The van der Waals surface area contributed by atoms with E-state index in [1.807, 2.05) is 7.05 Å². The van der Waals surface area contributed by atoms with E-state index in [-0.39, 0.29) is 30.5 Å². The van der Waals surface area contributed by atoms with Gasteiger partial charge in [0.15, 0.2) is 0 Å². The first-order valence-electron chi connectivity index (χ1n) is 8.71. The normalized spacial score (nSPS) is 15.8. The lowest BCUT2D eigenvalue weighted by atomic mass is 10.2. The van der Waals surface area contributed by atoms with Crippen molar-refractivity contribution in [2.45, 2.75) is 32.2 Å². The molecule has 1 aliphatic heterocycles. The average molecular weight is 417 g/mol. The van der Waals surface area contributed by atoms with Crippen LogP contribution in [0.4, 0.5) is 27.5 Å². The number of nitrogen functional groups attached to an aromatic ring is 1. The van der Waals surface area contributed by atoms with Crippen LogP contribution < -0.4 is 21.3 Å². The molecule has 1 fully saturated rings. The van der Waals surface area contributed by atoms with Gasteiger partial charge in [-0.1, -0.05) is 13.3 Å². The Hall–Kier alpha value is -1.83. The number of nitrogens with two attached hydrogens (primary N) is 1. The molecule has 0 bridgehead atoms. The van der Waals surface area contributed by atoms with Crippen molar-refractivity contribution in [3.63, 3.8) is 0 Å². The van der Waals surface area contributed by atoms with Gasteiger partial charge in [0.05, 0.1) is 5.69 Å². The molecular weight excluding hydrogens is 390 g/mol. The molecule has 6 nitrogen and oxygen atoms in total. The summed E-state index contributed by atoms with van der Waals surface area (Å²) in [5, 5.41) is 6.47. The molecule has 9 heteroatoms. The van der Waals surface area contributed by atoms with Crippen LogP contribution in [-0.4, -0.2) is 36.1 Å². The van der Waals surface area contributed by atoms with Crippen molar-refractivity contribution in [3.8, 4) is 0 Å². The summed E-state index contributed by atoms with van der Waals surface area (Å²) in [4.78, 5) is 11.5. The van der Waals surface area contributed by atoms with Gasteiger partial charge in [-0.05, 0) is 38.1 Å². The minimum atomic E-state index is -0.429. The standard InChI is InChI=1S/C18H25FN6.2ClH/c1-3-4-12-10-17(25-8-7-14(11-25)21-2)24-18(22-12)23-13-5-6-15(19)16(20)9-13;;/h5-6,9-10,14,21H,3-4,7-8,11,20H2,1-2H3,(H,22,23,24);2*1H/t14-;;/m0../s1. The van der Waals surface area contributed by atoms with Crippen molar-refractivity contribution in [1.29, 1.82) is 0 Å². The fourth-order valence-electron chi connectivity index (χ4n) is 3.04. The Kier molecular flexibility index (Phi) is 9.02. The van der Waals surface area contributed by atoms with Crippen molar-refractivity contribution in [3.05, 3.63) is 35.8 Å². The van der Waals surface area contributed by atoms with Crippen LogP contribution >= 0.6 is 24.8 Å². The quantitative estimate of drug-likeness (QED) is 0.624. The van der Waals surface area contributed by atoms with Crippen molar-refractivity contribution < 1.29 is 4.39 Å². The maximum atomic E-state index is 13.3. The van der Waals surface area contributed by atoms with Crippen LogP contribution in [0.2, 0.25) is 0 Å². The predicted molar refractivity (Wildman–Crippen MR) is 114 cm³/mol. The molecule has 0 amide bonds. The van der Waals surface area contributed by atoms with Crippen LogP contribution in [0.15, 0.2) is 24.3 Å². The Labute approximate surface area is 172 Å². The summed E-state index contributed by atoms with van der Waals surface area (Å²) in [5.41, 5.74) is 7.42. The number of likely N-dealkylation sites (N-methyl/N-ethyl adjacent to an activating group) is 1. The van der Waals surface area contributed by atoms with Gasteiger partial charge in [0.1, 0.15) is 11.6 Å². The van der Waals surface area contributed by atoms with E-state index in [0.29, 0.717) is 17.7 Å². The Balaban J connectivity index is 0.00000182. The van der Waals surface area contributed by atoms with E-state index in [0.717, 1.165) is 43.9 Å². The number of anilines is 4. The molecule has 0 spiro atoms. The topological polar surface area (TPSA) is 79.1 Å². The summed E-state index contributed by atoms with van der Waals surface area (Å²) in [7, 11) is 1.99. The number of hydrogen-bond acceptors (Lipinski definition) is 6. The molecule has 1 aromatic heterocycles. The van der Waals surface area contributed by atoms with Crippen LogP contribution in [0.5, 0.6) is 0 Å². The number of aromatic nitrogens is 2.